The van der Waals surface area contributed by atoms with Crippen molar-refractivity contribution < 1.29 is 14.0 Å². The molecule has 0 saturated heterocycles. The van der Waals surface area contributed by atoms with Gasteiger partial charge in [0.05, 0.1) is 11.3 Å². The van der Waals surface area contributed by atoms with Crippen LogP contribution in [0.3, 0.4) is 0 Å². The highest BCUT2D eigenvalue weighted by Crippen LogP contribution is 2.36. The van der Waals surface area contributed by atoms with E-state index in [-0.39, 0.29) is 11.8 Å². The van der Waals surface area contributed by atoms with Gasteiger partial charge in [0.1, 0.15) is 11.5 Å². The molecule has 4 nitrogen and oxygen atoms in total. The largest absolute Gasteiger partial charge is 0.362 e. The van der Waals surface area contributed by atoms with Crippen molar-refractivity contribution in [2.75, 3.05) is 11.4 Å². The zero-order chi connectivity index (χ0) is 20.7. The Bertz CT molecular complexity index is 1170. The maximum atomic E-state index is 13.5. The zero-order valence-electron chi connectivity index (χ0n) is 16.2. The van der Waals surface area contributed by atoms with Crippen molar-refractivity contribution in [3.05, 3.63) is 107 Å². The van der Waals surface area contributed by atoms with E-state index in [2.05, 4.69) is 12.1 Å². The summed E-state index contributed by atoms with van der Waals surface area (Å²) in [6.07, 6.45) is 0.805. The average molecular weight is 398 g/mol. The summed E-state index contributed by atoms with van der Waals surface area (Å²) in [6, 6.07) is 22.9. The molecule has 0 N–H and O–H groups in total. The highest BCUT2D eigenvalue weighted by atomic mass is 19.1. The summed E-state index contributed by atoms with van der Waals surface area (Å²) < 4.78 is 13.4. The molecule has 2 aliphatic rings. The zero-order valence-corrected chi connectivity index (χ0v) is 16.2. The predicted octanol–water partition coefficient (Wildman–Crippen LogP) is 4.17. The number of halogens is 1. The first-order valence-electron chi connectivity index (χ1n) is 9.89. The van der Waals surface area contributed by atoms with Gasteiger partial charge in [-0.3, -0.25) is 9.59 Å². The molecular formula is C25H19FN2O2. The molecule has 148 valence electrons. The Kier molecular flexibility index (Phi) is 4.43. The molecule has 0 fully saturated rings. The lowest BCUT2D eigenvalue weighted by Gasteiger charge is -2.31. The summed E-state index contributed by atoms with van der Waals surface area (Å²) in [6.45, 7) is 1.22. The van der Waals surface area contributed by atoms with E-state index in [4.69, 9.17) is 0 Å². The van der Waals surface area contributed by atoms with Crippen molar-refractivity contribution in [2.24, 2.45) is 0 Å². The topological polar surface area (TPSA) is 40.6 Å². The van der Waals surface area contributed by atoms with Gasteiger partial charge in [-0.2, -0.15) is 0 Å². The minimum Gasteiger partial charge on any atom is -0.362 e. The molecule has 0 spiro atoms. The number of anilines is 1. The molecule has 5 rings (SSSR count). The molecule has 0 aliphatic carbocycles. The van der Waals surface area contributed by atoms with Crippen LogP contribution >= 0.6 is 0 Å². The summed E-state index contributed by atoms with van der Waals surface area (Å²) in [5, 5.41) is 0. The van der Waals surface area contributed by atoms with Gasteiger partial charge < -0.3 is 4.90 Å². The van der Waals surface area contributed by atoms with Crippen molar-refractivity contribution in [2.45, 2.75) is 13.0 Å². The Hall–Kier alpha value is -3.73. The molecule has 0 unspecified atom stereocenters. The standard InChI is InChI=1S/C25H19FN2O2/c26-20-10-12-21(13-11-20)28-24(29)22(18-7-2-1-3-8-18)23(25(28)30)27-15-14-17-6-4-5-9-19(17)16-27/h1-13H,14-16H2. The van der Waals surface area contributed by atoms with Gasteiger partial charge in [0, 0.05) is 13.1 Å². The molecule has 2 aliphatic heterocycles. The van der Waals surface area contributed by atoms with Gasteiger partial charge in [0.15, 0.2) is 0 Å². The van der Waals surface area contributed by atoms with E-state index in [0.29, 0.717) is 35.6 Å². The van der Waals surface area contributed by atoms with Crippen LogP contribution in [-0.2, 0) is 22.6 Å². The molecule has 2 heterocycles. The first kappa shape index (κ1) is 18.3. The van der Waals surface area contributed by atoms with Crippen LogP contribution < -0.4 is 4.90 Å². The monoisotopic (exact) mass is 398 g/mol. The van der Waals surface area contributed by atoms with E-state index in [1.54, 1.807) is 0 Å². The molecule has 2 amide bonds. The number of nitrogens with zero attached hydrogens (tertiary/aromatic N) is 2. The van der Waals surface area contributed by atoms with Crippen molar-refractivity contribution in [1.29, 1.82) is 0 Å². The summed E-state index contributed by atoms with van der Waals surface area (Å²) in [5.41, 5.74) is 4.29. The molecule has 3 aromatic carbocycles. The quantitative estimate of drug-likeness (QED) is 0.622. The van der Waals surface area contributed by atoms with E-state index >= 15 is 0 Å². The van der Waals surface area contributed by atoms with Gasteiger partial charge in [-0.1, -0.05) is 54.6 Å². The molecule has 0 atom stereocenters. The fraction of sp³-hybridized carbons (Fsp3) is 0.120. The number of hydrogen-bond acceptors (Lipinski definition) is 3. The number of fused-ring (bicyclic) bond motifs is 1. The van der Waals surface area contributed by atoms with Crippen LogP contribution in [0.2, 0.25) is 0 Å². The fourth-order valence-electron chi connectivity index (χ4n) is 4.19. The van der Waals surface area contributed by atoms with Crippen LogP contribution in [0.5, 0.6) is 0 Å². The summed E-state index contributed by atoms with van der Waals surface area (Å²) in [7, 11) is 0. The molecule has 5 heteroatoms. The van der Waals surface area contributed by atoms with Gasteiger partial charge in [-0.25, -0.2) is 9.29 Å². The third-order valence-electron chi connectivity index (χ3n) is 5.65. The van der Waals surface area contributed by atoms with E-state index < -0.39 is 5.82 Å². The Morgan fingerprint density at radius 1 is 0.733 bits per heavy atom. The first-order valence-corrected chi connectivity index (χ1v) is 9.89. The van der Waals surface area contributed by atoms with Gasteiger partial charge >= 0.3 is 0 Å². The number of benzene rings is 3. The Balaban J connectivity index is 1.61. The van der Waals surface area contributed by atoms with Crippen molar-refractivity contribution in [3.63, 3.8) is 0 Å². The highest BCUT2D eigenvalue weighted by Gasteiger charge is 2.42. The third kappa shape index (κ3) is 2.99. The molecular weight excluding hydrogens is 379 g/mol. The van der Waals surface area contributed by atoms with Crippen molar-refractivity contribution >= 4 is 23.1 Å². The van der Waals surface area contributed by atoms with Crippen molar-refractivity contribution in [3.8, 4) is 0 Å². The number of carbonyl (C=O) groups is 2. The van der Waals surface area contributed by atoms with Crippen LogP contribution in [-0.4, -0.2) is 23.3 Å². The van der Waals surface area contributed by atoms with E-state index in [0.717, 1.165) is 16.9 Å². The third-order valence-corrected chi connectivity index (χ3v) is 5.65. The van der Waals surface area contributed by atoms with Gasteiger partial charge in [0.2, 0.25) is 0 Å². The molecule has 30 heavy (non-hydrogen) atoms. The second kappa shape index (κ2) is 7.26. The fourth-order valence-corrected chi connectivity index (χ4v) is 4.19. The van der Waals surface area contributed by atoms with Gasteiger partial charge in [0.25, 0.3) is 11.8 Å². The van der Waals surface area contributed by atoms with Crippen LogP contribution in [0, 0.1) is 5.82 Å². The molecule has 0 aromatic heterocycles. The second-order valence-corrected chi connectivity index (χ2v) is 7.45. The maximum absolute atomic E-state index is 13.5. The van der Waals surface area contributed by atoms with Gasteiger partial charge in [-0.15, -0.1) is 0 Å². The molecule has 0 bridgehead atoms. The van der Waals surface area contributed by atoms with E-state index in [9.17, 15) is 14.0 Å². The van der Waals surface area contributed by atoms with Crippen LogP contribution in [0.25, 0.3) is 5.57 Å². The average Bonchev–Trinajstić information content (AvgIpc) is 3.05. The van der Waals surface area contributed by atoms with E-state index in [1.165, 1.54) is 29.8 Å². The minimum absolute atomic E-state index is 0.368. The number of imide groups is 1. The van der Waals surface area contributed by atoms with Crippen molar-refractivity contribution in [1.82, 2.24) is 4.90 Å². The van der Waals surface area contributed by atoms with Gasteiger partial charge in [-0.05, 0) is 47.4 Å². The Labute approximate surface area is 173 Å². The van der Waals surface area contributed by atoms with Crippen LogP contribution in [0.4, 0.5) is 10.1 Å². The number of carbonyl (C=O) groups excluding carboxylic acids is 2. The normalized spacial score (nSPS) is 16.3. The first-order chi connectivity index (χ1) is 14.6. The Morgan fingerprint density at radius 3 is 2.13 bits per heavy atom. The van der Waals surface area contributed by atoms with Crippen LogP contribution in [0.1, 0.15) is 16.7 Å². The Morgan fingerprint density at radius 2 is 1.40 bits per heavy atom. The molecule has 0 saturated carbocycles. The van der Waals surface area contributed by atoms with Crippen LogP contribution in [0.15, 0.2) is 84.6 Å². The molecule has 0 radical (unpaired) electrons. The lowest BCUT2D eigenvalue weighted by molar-refractivity contribution is -0.120. The number of hydrogen-bond donors (Lipinski definition) is 0. The minimum atomic E-state index is -0.415. The predicted molar refractivity (Wildman–Crippen MR) is 113 cm³/mol. The summed E-state index contributed by atoms with van der Waals surface area (Å²) in [5.74, 6) is -1.17. The lowest BCUT2D eigenvalue weighted by atomic mass is 9.98. The number of amides is 2. The highest BCUT2D eigenvalue weighted by molar-refractivity contribution is 6.45. The second-order valence-electron chi connectivity index (χ2n) is 7.45. The summed E-state index contributed by atoms with van der Waals surface area (Å²) in [4.78, 5) is 30.1. The molecule has 3 aromatic rings. The maximum Gasteiger partial charge on any atom is 0.282 e. The number of rotatable bonds is 3. The lowest BCUT2D eigenvalue weighted by Crippen LogP contribution is -2.37. The SMILES string of the molecule is O=C1C(c2ccccc2)=C(N2CCc3ccccc3C2)C(=O)N1c1ccc(F)cc1. The summed E-state index contributed by atoms with van der Waals surface area (Å²) >= 11 is 0. The smallest absolute Gasteiger partial charge is 0.282 e. The van der Waals surface area contributed by atoms with E-state index in [1.807, 2.05) is 47.4 Å².